The van der Waals surface area contributed by atoms with Gasteiger partial charge in [-0.15, -0.1) is 0 Å². The first-order chi connectivity index (χ1) is 6.69. The minimum atomic E-state index is -0.935. The number of ketones is 1. The number of aliphatic hydroxyl groups excluding tert-OH is 1. The van der Waals surface area contributed by atoms with Crippen LogP contribution in [0.1, 0.15) is 16.3 Å². The summed E-state index contributed by atoms with van der Waals surface area (Å²) in [5.74, 6) is -0.0365. The van der Waals surface area contributed by atoms with Crippen molar-refractivity contribution in [2.75, 3.05) is 6.61 Å². The number of carbonyl (C=O) groups excluding carboxylic acids is 1. The van der Waals surface area contributed by atoms with Gasteiger partial charge in [-0.3, -0.25) is 4.79 Å². The van der Waals surface area contributed by atoms with Gasteiger partial charge in [0.1, 0.15) is 11.5 Å². The minimum absolute atomic E-state index is 0.162. The van der Waals surface area contributed by atoms with E-state index in [9.17, 15) is 4.79 Å². The van der Waals surface area contributed by atoms with Gasteiger partial charge in [0.25, 0.3) is 0 Å². The summed E-state index contributed by atoms with van der Waals surface area (Å²) in [7, 11) is 0. The van der Waals surface area contributed by atoms with Crippen LogP contribution in [-0.4, -0.2) is 33.5 Å². The molecule has 1 atom stereocenters. The third-order valence-electron chi connectivity index (χ3n) is 1.67. The predicted octanol–water partition coefficient (Wildman–Crippen LogP) is -1.56. The zero-order valence-electron chi connectivity index (χ0n) is 7.55. The lowest BCUT2D eigenvalue weighted by molar-refractivity contribution is 0.0920. The van der Waals surface area contributed by atoms with Gasteiger partial charge in [0.15, 0.2) is 5.78 Å². The molecule has 6 nitrogen and oxygen atoms in total. The van der Waals surface area contributed by atoms with Gasteiger partial charge in [0.2, 0.25) is 0 Å². The van der Waals surface area contributed by atoms with E-state index in [1.54, 1.807) is 0 Å². The van der Waals surface area contributed by atoms with E-state index in [4.69, 9.17) is 16.6 Å². The molecule has 1 rings (SSSR count). The predicted molar refractivity (Wildman–Crippen MR) is 49.3 cm³/mol. The molecule has 0 saturated carbocycles. The van der Waals surface area contributed by atoms with E-state index >= 15 is 0 Å². The molecule has 0 aliphatic rings. The number of aromatic nitrogens is 2. The molecule has 1 aromatic heterocycles. The molecule has 76 valence electrons. The Balaban J connectivity index is 2.90. The quantitative estimate of drug-likeness (QED) is 0.501. The van der Waals surface area contributed by atoms with E-state index in [-0.39, 0.29) is 12.2 Å². The second kappa shape index (κ2) is 4.75. The number of carbonyl (C=O) groups is 1. The fraction of sp³-hybridized carbons (Fsp3) is 0.375. The summed E-state index contributed by atoms with van der Waals surface area (Å²) in [6, 6.07) is 0.507. The Labute approximate surface area is 81.0 Å². The van der Waals surface area contributed by atoms with Crippen LogP contribution < -0.4 is 11.5 Å². The van der Waals surface area contributed by atoms with Crippen molar-refractivity contribution in [3.05, 3.63) is 23.8 Å². The molecular formula is C8H12N4O2. The second-order valence-electron chi connectivity index (χ2n) is 2.72. The maximum atomic E-state index is 11.4. The van der Waals surface area contributed by atoms with Crippen LogP contribution in [0.25, 0.3) is 0 Å². The molecule has 1 heterocycles. The summed E-state index contributed by atoms with van der Waals surface area (Å²) in [5.41, 5.74) is 10.8. The third kappa shape index (κ3) is 2.32. The fourth-order valence-corrected chi connectivity index (χ4v) is 0.908. The van der Waals surface area contributed by atoms with Crippen molar-refractivity contribution in [3.63, 3.8) is 0 Å². The smallest absolute Gasteiger partial charge is 0.200 e. The standard InChI is InChI=1S/C8H12N4O2/c9-3-7-11-2-1-6(12-7)8(14)5(10)4-13/h1-2,5,13H,3-4,9-10H2/t5-/m0/s1. The van der Waals surface area contributed by atoms with Crippen LogP contribution in [0.4, 0.5) is 0 Å². The number of nitrogens with zero attached hydrogens (tertiary/aromatic N) is 2. The highest BCUT2D eigenvalue weighted by molar-refractivity contribution is 5.98. The van der Waals surface area contributed by atoms with Crippen molar-refractivity contribution in [2.24, 2.45) is 11.5 Å². The van der Waals surface area contributed by atoms with Crippen LogP contribution in [0.2, 0.25) is 0 Å². The molecule has 0 saturated heterocycles. The maximum absolute atomic E-state index is 11.4. The first-order valence-corrected chi connectivity index (χ1v) is 4.11. The third-order valence-corrected chi connectivity index (χ3v) is 1.67. The van der Waals surface area contributed by atoms with Gasteiger partial charge < -0.3 is 16.6 Å². The SMILES string of the molecule is NCc1nccc(C(=O)[C@@H](N)CO)n1. The zero-order valence-corrected chi connectivity index (χ0v) is 7.55. The first-order valence-electron chi connectivity index (χ1n) is 4.11. The molecule has 0 spiro atoms. The van der Waals surface area contributed by atoms with Gasteiger partial charge >= 0.3 is 0 Å². The highest BCUT2D eigenvalue weighted by atomic mass is 16.3. The van der Waals surface area contributed by atoms with E-state index in [2.05, 4.69) is 9.97 Å². The Morgan fingerprint density at radius 2 is 2.36 bits per heavy atom. The van der Waals surface area contributed by atoms with E-state index in [1.807, 2.05) is 0 Å². The van der Waals surface area contributed by atoms with E-state index in [0.717, 1.165) is 0 Å². The molecule has 0 radical (unpaired) electrons. The lowest BCUT2D eigenvalue weighted by Gasteiger charge is -2.06. The summed E-state index contributed by atoms with van der Waals surface area (Å²) in [5, 5.41) is 8.68. The van der Waals surface area contributed by atoms with Gasteiger partial charge in [-0.05, 0) is 6.07 Å². The lowest BCUT2D eigenvalue weighted by Crippen LogP contribution is -2.34. The largest absolute Gasteiger partial charge is 0.394 e. The normalized spacial score (nSPS) is 12.5. The summed E-state index contributed by atoms with van der Waals surface area (Å²) in [4.78, 5) is 19.1. The molecule has 0 aromatic carbocycles. The molecule has 0 fully saturated rings. The minimum Gasteiger partial charge on any atom is -0.394 e. The molecule has 5 N–H and O–H groups in total. The number of hydrogen-bond acceptors (Lipinski definition) is 6. The molecule has 0 amide bonds. The number of rotatable bonds is 4. The van der Waals surface area contributed by atoms with Crippen LogP contribution >= 0.6 is 0 Å². The van der Waals surface area contributed by atoms with Gasteiger partial charge in [-0.2, -0.15) is 0 Å². The molecule has 6 heteroatoms. The Morgan fingerprint density at radius 1 is 1.64 bits per heavy atom. The van der Waals surface area contributed by atoms with Crippen LogP contribution in [0, 0.1) is 0 Å². The molecular weight excluding hydrogens is 184 g/mol. The Hall–Kier alpha value is -1.37. The topological polar surface area (TPSA) is 115 Å². The second-order valence-corrected chi connectivity index (χ2v) is 2.72. The monoisotopic (exact) mass is 196 g/mol. The average Bonchev–Trinajstić information content (AvgIpc) is 2.27. The summed E-state index contributed by atoms with van der Waals surface area (Å²) < 4.78 is 0. The number of nitrogens with two attached hydrogens (primary N) is 2. The van der Waals surface area contributed by atoms with Crippen LogP contribution in [-0.2, 0) is 6.54 Å². The van der Waals surface area contributed by atoms with Crippen LogP contribution in [0.5, 0.6) is 0 Å². The molecule has 1 aromatic rings. The molecule has 0 unspecified atom stereocenters. The zero-order chi connectivity index (χ0) is 10.6. The lowest BCUT2D eigenvalue weighted by atomic mass is 10.1. The van der Waals surface area contributed by atoms with Crippen molar-refractivity contribution in [2.45, 2.75) is 12.6 Å². The van der Waals surface area contributed by atoms with Gasteiger partial charge in [0.05, 0.1) is 19.2 Å². The molecule has 0 aliphatic heterocycles. The van der Waals surface area contributed by atoms with E-state index in [0.29, 0.717) is 5.82 Å². The Kier molecular flexibility index (Phi) is 3.63. The number of Topliss-reactive ketones (excluding diaryl/α,β-unsaturated/α-hetero) is 1. The number of aliphatic hydroxyl groups is 1. The maximum Gasteiger partial charge on any atom is 0.200 e. The highest BCUT2D eigenvalue weighted by Crippen LogP contribution is 1.99. The van der Waals surface area contributed by atoms with E-state index < -0.39 is 18.4 Å². The summed E-state index contributed by atoms with van der Waals surface area (Å²) in [6.45, 7) is -0.240. The summed E-state index contributed by atoms with van der Waals surface area (Å²) >= 11 is 0. The Bertz CT molecular complexity index is 329. The van der Waals surface area contributed by atoms with Crippen LogP contribution in [0.15, 0.2) is 12.3 Å². The highest BCUT2D eigenvalue weighted by Gasteiger charge is 2.16. The van der Waals surface area contributed by atoms with Crippen LogP contribution in [0.3, 0.4) is 0 Å². The van der Waals surface area contributed by atoms with Crippen molar-refractivity contribution < 1.29 is 9.90 Å². The molecule has 0 aliphatic carbocycles. The van der Waals surface area contributed by atoms with Crippen molar-refractivity contribution >= 4 is 5.78 Å². The van der Waals surface area contributed by atoms with Gasteiger partial charge in [-0.1, -0.05) is 0 Å². The number of hydrogen-bond donors (Lipinski definition) is 3. The van der Waals surface area contributed by atoms with Crippen molar-refractivity contribution in [1.82, 2.24) is 9.97 Å². The summed E-state index contributed by atoms with van der Waals surface area (Å²) in [6.07, 6.45) is 1.44. The van der Waals surface area contributed by atoms with Crippen molar-refractivity contribution in [1.29, 1.82) is 0 Å². The van der Waals surface area contributed by atoms with Crippen molar-refractivity contribution in [3.8, 4) is 0 Å². The first kappa shape index (κ1) is 10.7. The average molecular weight is 196 g/mol. The van der Waals surface area contributed by atoms with E-state index in [1.165, 1.54) is 12.3 Å². The molecule has 14 heavy (non-hydrogen) atoms. The fourth-order valence-electron chi connectivity index (χ4n) is 0.908. The van der Waals surface area contributed by atoms with Gasteiger partial charge in [-0.25, -0.2) is 9.97 Å². The molecule has 0 bridgehead atoms. The Morgan fingerprint density at radius 3 is 2.93 bits per heavy atom. The van der Waals surface area contributed by atoms with Gasteiger partial charge in [0, 0.05) is 6.20 Å².